The molecule has 0 aliphatic carbocycles. The average Bonchev–Trinajstić information content (AvgIpc) is 3.16. The first-order valence-corrected chi connectivity index (χ1v) is 7.85. The van der Waals surface area contributed by atoms with Gasteiger partial charge in [-0.15, -0.1) is 0 Å². The molecule has 25 heavy (non-hydrogen) atoms. The van der Waals surface area contributed by atoms with Crippen molar-refractivity contribution in [2.75, 3.05) is 6.54 Å². The number of amides is 1. The van der Waals surface area contributed by atoms with Gasteiger partial charge in [-0.25, -0.2) is 4.68 Å². The van der Waals surface area contributed by atoms with E-state index in [0.29, 0.717) is 24.5 Å². The molecule has 0 atom stereocenters. The molecule has 6 nitrogen and oxygen atoms in total. The summed E-state index contributed by atoms with van der Waals surface area (Å²) < 4.78 is 6.45. The number of rotatable bonds is 6. The number of carbonyl (C=O) groups is 1. The second kappa shape index (κ2) is 7.92. The number of furan rings is 1. The fourth-order valence-electron chi connectivity index (χ4n) is 2.26. The fraction of sp³-hybridized carbons (Fsp3) is 0.105. The Hall–Kier alpha value is -3.41. The van der Waals surface area contributed by atoms with E-state index >= 15 is 0 Å². The summed E-state index contributed by atoms with van der Waals surface area (Å²) in [6.07, 6.45) is 4.50. The van der Waals surface area contributed by atoms with Crippen LogP contribution >= 0.6 is 0 Å². The summed E-state index contributed by atoms with van der Waals surface area (Å²) in [4.78, 5) is 23.7. The van der Waals surface area contributed by atoms with E-state index in [-0.39, 0.29) is 11.5 Å². The van der Waals surface area contributed by atoms with Crippen molar-refractivity contribution in [1.82, 2.24) is 15.1 Å². The molecule has 0 bridgehead atoms. The molecule has 2 heterocycles. The van der Waals surface area contributed by atoms with Crippen molar-refractivity contribution in [2.24, 2.45) is 0 Å². The molecule has 0 radical (unpaired) electrons. The number of carbonyl (C=O) groups excluding carboxylic acids is 1. The number of hydrogen-bond donors (Lipinski definition) is 1. The molecule has 126 valence electrons. The van der Waals surface area contributed by atoms with Crippen LogP contribution in [0.2, 0.25) is 0 Å². The maximum atomic E-state index is 11.9. The monoisotopic (exact) mass is 335 g/mol. The minimum Gasteiger partial charge on any atom is -0.465 e. The summed E-state index contributed by atoms with van der Waals surface area (Å²) in [6, 6.07) is 16.3. The van der Waals surface area contributed by atoms with Crippen molar-refractivity contribution in [3.8, 4) is 11.3 Å². The van der Waals surface area contributed by atoms with Crippen molar-refractivity contribution in [3.63, 3.8) is 0 Å². The maximum Gasteiger partial charge on any atom is 0.266 e. The smallest absolute Gasteiger partial charge is 0.266 e. The van der Waals surface area contributed by atoms with E-state index in [0.717, 1.165) is 5.56 Å². The Bertz CT molecular complexity index is 913. The van der Waals surface area contributed by atoms with Crippen LogP contribution < -0.4 is 10.9 Å². The third-order valence-corrected chi connectivity index (χ3v) is 3.50. The first kappa shape index (κ1) is 16.4. The number of nitrogens with one attached hydrogen (secondary N) is 1. The van der Waals surface area contributed by atoms with Gasteiger partial charge in [-0.05, 0) is 24.3 Å². The lowest BCUT2D eigenvalue weighted by Gasteiger charge is -2.07. The van der Waals surface area contributed by atoms with E-state index in [1.54, 1.807) is 24.3 Å². The summed E-state index contributed by atoms with van der Waals surface area (Å²) in [6.45, 7) is 0.590. The van der Waals surface area contributed by atoms with E-state index in [9.17, 15) is 9.59 Å². The molecule has 3 rings (SSSR count). The van der Waals surface area contributed by atoms with E-state index in [1.165, 1.54) is 23.1 Å². The quantitative estimate of drug-likeness (QED) is 0.702. The lowest BCUT2D eigenvalue weighted by Crippen LogP contribution is -2.31. The minimum atomic E-state index is -0.260. The van der Waals surface area contributed by atoms with Gasteiger partial charge >= 0.3 is 0 Å². The summed E-state index contributed by atoms with van der Waals surface area (Å²) in [5.41, 5.74) is 1.44. The molecule has 6 heteroatoms. The Morgan fingerprint density at radius 3 is 2.72 bits per heavy atom. The predicted molar refractivity (Wildman–Crippen MR) is 94.7 cm³/mol. The van der Waals surface area contributed by atoms with Gasteiger partial charge in [-0.2, -0.15) is 5.10 Å². The van der Waals surface area contributed by atoms with Gasteiger partial charge in [-0.3, -0.25) is 9.59 Å². The first-order chi connectivity index (χ1) is 12.2. The Balaban J connectivity index is 1.59. The van der Waals surface area contributed by atoms with Crippen LogP contribution in [0.5, 0.6) is 0 Å². The fourth-order valence-corrected chi connectivity index (χ4v) is 2.26. The number of benzene rings is 1. The molecule has 3 aromatic rings. The zero-order valence-corrected chi connectivity index (χ0v) is 13.5. The topological polar surface area (TPSA) is 77.1 Å². The average molecular weight is 335 g/mol. The highest BCUT2D eigenvalue weighted by Crippen LogP contribution is 2.13. The van der Waals surface area contributed by atoms with Crippen LogP contribution in [0.4, 0.5) is 0 Å². The molecule has 1 amide bonds. The van der Waals surface area contributed by atoms with Crippen LogP contribution in [-0.2, 0) is 11.3 Å². The summed E-state index contributed by atoms with van der Waals surface area (Å²) in [5, 5.41) is 7.06. The van der Waals surface area contributed by atoms with Gasteiger partial charge in [0.15, 0.2) is 0 Å². The van der Waals surface area contributed by atoms with Crippen LogP contribution in [0.15, 0.2) is 76.1 Å². The summed E-state index contributed by atoms with van der Waals surface area (Å²) in [7, 11) is 0. The van der Waals surface area contributed by atoms with Crippen molar-refractivity contribution in [3.05, 3.63) is 83.1 Å². The van der Waals surface area contributed by atoms with Crippen LogP contribution in [0.1, 0.15) is 5.76 Å². The lowest BCUT2D eigenvalue weighted by atomic mass is 10.1. The second-order valence-electron chi connectivity index (χ2n) is 5.29. The number of hydrogen-bond acceptors (Lipinski definition) is 4. The Labute approximate surface area is 144 Å². The normalized spacial score (nSPS) is 10.9. The first-order valence-electron chi connectivity index (χ1n) is 7.85. The number of nitrogens with zero attached hydrogens (tertiary/aromatic N) is 2. The third-order valence-electron chi connectivity index (χ3n) is 3.50. The van der Waals surface area contributed by atoms with E-state index in [2.05, 4.69) is 10.4 Å². The van der Waals surface area contributed by atoms with E-state index < -0.39 is 0 Å². The molecule has 0 aliphatic rings. The Kier molecular flexibility index (Phi) is 5.21. The van der Waals surface area contributed by atoms with E-state index in [1.807, 2.05) is 30.3 Å². The predicted octanol–water partition coefficient (Wildman–Crippen LogP) is 2.33. The number of aromatic nitrogens is 2. The largest absolute Gasteiger partial charge is 0.465 e. The molecule has 0 saturated carbocycles. The van der Waals surface area contributed by atoms with Gasteiger partial charge in [0.05, 0.1) is 18.5 Å². The molecule has 1 N–H and O–H groups in total. The van der Waals surface area contributed by atoms with E-state index in [4.69, 9.17) is 4.42 Å². The molecule has 2 aromatic heterocycles. The van der Waals surface area contributed by atoms with Crippen LogP contribution in [0.25, 0.3) is 17.3 Å². The van der Waals surface area contributed by atoms with Crippen molar-refractivity contribution in [1.29, 1.82) is 0 Å². The SMILES string of the molecule is O=C(/C=C/c1ccco1)NCCn1nc(-c2ccccc2)ccc1=O. The molecule has 1 aromatic carbocycles. The Morgan fingerprint density at radius 1 is 1.12 bits per heavy atom. The molecule has 0 spiro atoms. The molecular weight excluding hydrogens is 318 g/mol. The van der Waals surface area contributed by atoms with Gasteiger partial charge < -0.3 is 9.73 Å². The molecule has 0 fully saturated rings. The van der Waals surface area contributed by atoms with Gasteiger partial charge in [-0.1, -0.05) is 30.3 Å². The van der Waals surface area contributed by atoms with Crippen LogP contribution in [0, 0.1) is 0 Å². The second-order valence-corrected chi connectivity index (χ2v) is 5.29. The lowest BCUT2D eigenvalue weighted by molar-refractivity contribution is -0.116. The highest BCUT2D eigenvalue weighted by atomic mass is 16.3. The zero-order valence-electron chi connectivity index (χ0n) is 13.5. The molecular formula is C19H17N3O3. The molecule has 0 unspecified atom stereocenters. The molecule has 0 aliphatic heterocycles. The van der Waals surface area contributed by atoms with Crippen molar-refractivity contribution < 1.29 is 9.21 Å². The molecule has 0 saturated heterocycles. The van der Waals surface area contributed by atoms with Gasteiger partial charge in [0, 0.05) is 24.3 Å². The van der Waals surface area contributed by atoms with Gasteiger partial charge in [0.1, 0.15) is 5.76 Å². The Morgan fingerprint density at radius 2 is 1.96 bits per heavy atom. The van der Waals surface area contributed by atoms with Crippen LogP contribution in [0.3, 0.4) is 0 Å². The maximum absolute atomic E-state index is 11.9. The van der Waals surface area contributed by atoms with Gasteiger partial charge in [0.2, 0.25) is 5.91 Å². The highest BCUT2D eigenvalue weighted by Gasteiger charge is 2.03. The van der Waals surface area contributed by atoms with Crippen molar-refractivity contribution in [2.45, 2.75) is 6.54 Å². The third kappa shape index (κ3) is 4.54. The minimum absolute atomic E-state index is 0.208. The highest BCUT2D eigenvalue weighted by molar-refractivity contribution is 5.91. The summed E-state index contributed by atoms with van der Waals surface area (Å²) >= 11 is 0. The standard InChI is InChI=1S/C19H17N3O3/c23-18(10-8-16-7-4-14-25-16)20-12-13-22-19(24)11-9-17(21-22)15-5-2-1-3-6-15/h1-11,14H,12-13H2,(H,20,23)/b10-8+. The van der Waals surface area contributed by atoms with Crippen molar-refractivity contribution >= 4 is 12.0 Å². The summed E-state index contributed by atoms with van der Waals surface area (Å²) in [5.74, 6) is 0.340. The van der Waals surface area contributed by atoms with Crippen LogP contribution in [-0.4, -0.2) is 22.2 Å². The zero-order chi connectivity index (χ0) is 17.5. The van der Waals surface area contributed by atoms with Gasteiger partial charge in [0.25, 0.3) is 5.56 Å².